The van der Waals surface area contributed by atoms with Crippen LogP contribution in [-0.4, -0.2) is 68.5 Å². The first-order chi connectivity index (χ1) is 18.2. The summed E-state index contributed by atoms with van der Waals surface area (Å²) in [5.41, 5.74) is -0.540. The van der Waals surface area contributed by atoms with Gasteiger partial charge in [0.1, 0.15) is 17.9 Å². The predicted octanol–water partition coefficient (Wildman–Crippen LogP) is 3.56. The Morgan fingerprint density at radius 2 is 1.71 bits per heavy atom. The van der Waals surface area contributed by atoms with Gasteiger partial charge < -0.3 is 15.1 Å². The summed E-state index contributed by atoms with van der Waals surface area (Å²) in [7, 11) is 0. The van der Waals surface area contributed by atoms with Gasteiger partial charge in [-0.15, -0.1) is 0 Å². The van der Waals surface area contributed by atoms with Gasteiger partial charge in [-0.1, -0.05) is 6.07 Å². The summed E-state index contributed by atoms with van der Waals surface area (Å²) in [5, 5.41) is 7.63. The summed E-state index contributed by atoms with van der Waals surface area (Å²) in [6.45, 7) is 2.76. The molecule has 2 aliphatic heterocycles. The zero-order chi connectivity index (χ0) is 26.9. The van der Waals surface area contributed by atoms with Crippen molar-refractivity contribution in [1.82, 2.24) is 24.6 Å². The second-order valence-electron chi connectivity index (χ2n) is 9.65. The molecule has 0 aliphatic carbocycles. The normalized spacial score (nSPS) is 16.7. The van der Waals surface area contributed by atoms with Gasteiger partial charge in [0.05, 0.1) is 5.52 Å². The van der Waals surface area contributed by atoms with Crippen LogP contribution in [0.3, 0.4) is 0 Å². The third-order valence-electron chi connectivity index (χ3n) is 6.99. The number of carbonyl (C=O) groups is 3. The number of piperidine rings is 1. The maximum Gasteiger partial charge on any atom is 0.433 e. The Hall–Kier alpha value is -3.96. The summed E-state index contributed by atoms with van der Waals surface area (Å²) in [4.78, 5) is 45.1. The molecule has 2 aliphatic rings. The van der Waals surface area contributed by atoms with Crippen LogP contribution in [0.2, 0.25) is 0 Å². The molecule has 2 aromatic heterocycles. The summed E-state index contributed by atoms with van der Waals surface area (Å²) < 4.78 is 40.2. The Morgan fingerprint density at radius 3 is 2.42 bits per heavy atom. The Balaban J connectivity index is 1.18. The summed E-state index contributed by atoms with van der Waals surface area (Å²) in [5.74, 6) is -0.678. The fourth-order valence-electron chi connectivity index (χ4n) is 4.96. The van der Waals surface area contributed by atoms with Crippen molar-refractivity contribution in [1.29, 1.82) is 0 Å². The van der Waals surface area contributed by atoms with Crippen molar-refractivity contribution in [2.75, 3.05) is 31.5 Å². The number of hydrogen-bond donors (Lipinski definition) is 1. The van der Waals surface area contributed by atoms with E-state index in [2.05, 4.69) is 15.4 Å². The molecule has 3 aromatic rings. The third kappa shape index (κ3) is 5.63. The molecule has 1 N–H and O–H groups in total. The van der Waals surface area contributed by atoms with Crippen molar-refractivity contribution in [2.24, 2.45) is 5.92 Å². The summed E-state index contributed by atoms with van der Waals surface area (Å²) in [6.07, 6.45) is 0.458. The molecule has 38 heavy (non-hydrogen) atoms. The molecule has 9 nitrogen and oxygen atoms in total. The number of pyridine rings is 1. The lowest BCUT2D eigenvalue weighted by atomic mass is 9.95. The molecule has 0 radical (unpaired) electrons. The largest absolute Gasteiger partial charge is 0.433 e. The van der Waals surface area contributed by atoms with Gasteiger partial charge in [0.15, 0.2) is 0 Å². The van der Waals surface area contributed by atoms with Crippen molar-refractivity contribution < 1.29 is 27.6 Å². The van der Waals surface area contributed by atoms with Crippen LogP contribution in [0.15, 0.2) is 42.6 Å². The minimum absolute atomic E-state index is 0.0239. The van der Waals surface area contributed by atoms with Crippen molar-refractivity contribution >= 4 is 34.3 Å². The number of halogens is 3. The van der Waals surface area contributed by atoms with E-state index >= 15 is 0 Å². The summed E-state index contributed by atoms with van der Waals surface area (Å²) >= 11 is 0. The minimum Gasteiger partial charge on any atom is -0.342 e. The smallest absolute Gasteiger partial charge is 0.342 e. The highest BCUT2D eigenvalue weighted by Gasteiger charge is 2.33. The molecular formula is C26H27F3N6O3. The second kappa shape index (κ2) is 10.4. The van der Waals surface area contributed by atoms with E-state index in [1.807, 2.05) is 4.90 Å². The van der Waals surface area contributed by atoms with Crippen LogP contribution in [-0.2, 0) is 22.3 Å². The first-order valence-corrected chi connectivity index (χ1v) is 12.6. The van der Waals surface area contributed by atoms with Gasteiger partial charge >= 0.3 is 6.18 Å². The predicted molar refractivity (Wildman–Crippen MR) is 132 cm³/mol. The maximum atomic E-state index is 12.9. The number of carbonyl (C=O) groups excluding carboxylic acids is 3. The van der Waals surface area contributed by atoms with E-state index in [-0.39, 0.29) is 30.0 Å². The van der Waals surface area contributed by atoms with E-state index in [0.717, 1.165) is 38.1 Å². The maximum absolute atomic E-state index is 12.9. The molecule has 0 unspecified atom stereocenters. The molecule has 0 atom stereocenters. The average Bonchev–Trinajstić information content (AvgIpc) is 3.58. The third-order valence-corrected chi connectivity index (χ3v) is 6.99. The minimum atomic E-state index is -4.65. The van der Waals surface area contributed by atoms with E-state index in [4.69, 9.17) is 0 Å². The van der Waals surface area contributed by atoms with Crippen molar-refractivity contribution in [3.63, 3.8) is 0 Å². The van der Waals surface area contributed by atoms with Gasteiger partial charge in [0, 0.05) is 49.4 Å². The average molecular weight is 529 g/mol. The quantitative estimate of drug-likeness (QED) is 0.546. The number of amides is 3. The molecule has 2 fully saturated rings. The number of nitrogens with one attached hydrogen (secondary N) is 1. The highest BCUT2D eigenvalue weighted by molar-refractivity contribution is 6.03. The van der Waals surface area contributed by atoms with E-state index < -0.39 is 17.8 Å². The van der Waals surface area contributed by atoms with Gasteiger partial charge in [-0.25, -0.2) is 4.98 Å². The number of alkyl halides is 3. The standard InChI is InChI=1S/C26H27F3N6O3/c27-26(28,29)22-5-3-4-21(31-22)24(37)30-19-6-7-20-18(14-19)15-35(32-20)16-23(36)33-12-8-17(9-13-33)25(38)34-10-1-2-11-34/h3-7,14-15,17H,1-2,8-13,16H2,(H,30,37). The molecule has 12 heteroatoms. The van der Waals surface area contributed by atoms with Crippen LogP contribution in [0, 0.1) is 5.92 Å². The Bertz CT molecular complexity index is 1360. The number of aromatic nitrogens is 3. The molecule has 200 valence electrons. The van der Waals surface area contributed by atoms with Crippen molar-refractivity contribution in [3.8, 4) is 0 Å². The SMILES string of the molecule is O=C(Nc1ccc2nn(CC(=O)N3CCC(C(=O)N4CCCC4)CC3)cc2c1)c1cccc(C(F)(F)F)n1. The van der Waals surface area contributed by atoms with Gasteiger partial charge in [-0.05, 0) is 56.0 Å². The Kier molecular flexibility index (Phi) is 7.04. The van der Waals surface area contributed by atoms with Crippen molar-refractivity contribution in [3.05, 3.63) is 54.0 Å². The van der Waals surface area contributed by atoms with Gasteiger partial charge in [0.25, 0.3) is 5.91 Å². The molecule has 1 aromatic carbocycles. The molecule has 0 spiro atoms. The first-order valence-electron chi connectivity index (χ1n) is 12.6. The number of nitrogens with zero attached hydrogens (tertiary/aromatic N) is 5. The van der Waals surface area contributed by atoms with Crippen LogP contribution in [0.1, 0.15) is 41.9 Å². The molecule has 4 heterocycles. The van der Waals surface area contributed by atoms with Gasteiger partial charge in [0.2, 0.25) is 11.8 Å². The Labute approximate surface area is 216 Å². The highest BCUT2D eigenvalue weighted by atomic mass is 19.4. The lowest BCUT2D eigenvalue weighted by Crippen LogP contribution is -2.44. The number of hydrogen-bond acceptors (Lipinski definition) is 5. The molecule has 0 saturated carbocycles. The first kappa shape index (κ1) is 25.7. The molecule has 3 amide bonds. The number of fused-ring (bicyclic) bond motifs is 1. The molecule has 5 rings (SSSR count). The highest BCUT2D eigenvalue weighted by Crippen LogP contribution is 2.28. The lowest BCUT2D eigenvalue weighted by Gasteiger charge is -2.33. The molecule has 0 bridgehead atoms. The van der Waals surface area contributed by atoms with Crippen LogP contribution < -0.4 is 5.32 Å². The number of anilines is 1. The number of benzene rings is 1. The number of rotatable bonds is 5. The summed E-state index contributed by atoms with van der Waals surface area (Å²) in [6, 6.07) is 8.00. The number of likely N-dealkylation sites (tertiary alicyclic amines) is 2. The topological polar surface area (TPSA) is 100 Å². The lowest BCUT2D eigenvalue weighted by molar-refractivity contribution is -0.141. The zero-order valence-corrected chi connectivity index (χ0v) is 20.6. The second-order valence-corrected chi connectivity index (χ2v) is 9.65. The fraction of sp³-hybridized carbons (Fsp3) is 0.423. The van der Waals surface area contributed by atoms with Gasteiger partial charge in [-0.2, -0.15) is 18.3 Å². The van der Waals surface area contributed by atoms with E-state index in [9.17, 15) is 27.6 Å². The zero-order valence-electron chi connectivity index (χ0n) is 20.6. The van der Waals surface area contributed by atoms with Crippen LogP contribution in [0.5, 0.6) is 0 Å². The molecule has 2 saturated heterocycles. The van der Waals surface area contributed by atoms with E-state index in [1.54, 1.807) is 29.3 Å². The van der Waals surface area contributed by atoms with Crippen LogP contribution >= 0.6 is 0 Å². The molecular weight excluding hydrogens is 501 g/mol. The van der Waals surface area contributed by atoms with Crippen LogP contribution in [0.4, 0.5) is 18.9 Å². The van der Waals surface area contributed by atoms with Crippen LogP contribution in [0.25, 0.3) is 10.9 Å². The van der Waals surface area contributed by atoms with Gasteiger partial charge in [-0.3, -0.25) is 19.1 Å². The van der Waals surface area contributed by atoms with E-state index in [1.165, 1.54) is 10.7 Å². The Morgan fingerprint density at radius 1 is 0.974 bits per heavy atom. The fourth-order valence-corrected chi connectivity index (χ4v) is 4.96. The van der Waals surface area contributed by atoms with E-state index in [0.29, 0.717) is 42.5 Å². The monoisotopic (exact) mass is 528 g/mol. The van der Waals surface area contributed by atoms with Crippen molar-refractivity contribution in [2.45, 2.75) is 38.4 Å².